The Morgan fingerprint density at radius 1 is 0.690 bits per heavy atom. The summed E-state index contributed by atoms with van der Waals surface area (Å²) in [5.41, 5.74) is 18.6. The summed E-state index contributed by atoms with van der Waals surface area (Å²) >= 11 is 0. The zero-order valence-corrected chi connectivity index (χ0v) is 34.3. The van der Waals surface area contributed by atoms with Gasteiger partial charge in [0.15, 0.2) is 0 Å². The number of aromatic amines is 2. The minimum atomic E-state index is -1.10. The van der Waals surface area contributed by atoms with E-state index in [0.29, 0.717) is 39.0 Å². The first-order valence-electron chi connectivity index (χ1n) is 19.9. The molecule has 2 fully saturated rings. The molecule has 0 radical (unpaired) electrons. The van der Waals surface area contributed by atoms with Gasteiger partial charge in [-0.3, -0.25) is 9.80 Å². The van der Waals surface area contributed by atoms with Gasteiger partial charge in [0.05, 0.1) is 35.9 Å². The number of esters is 2. The molecule has 0 bridgehead atoms. The smallest absolute Gasteiger partial charge is 0.375 e. The maximum Gasteiger partial charge on any atom is 0.412 e. The number of likely N-dealkylation sites (tertiary alicyclic amines) is 2. The largest absolute Gasteiger partial charge is 0.412 e. The molecule has 58 heavy (non-hydrogen) atoms. The highest BCUT2D eigenvalue weighted by Gasteiger charge is 2.40. The third-order valence-electron chi connectivity index (χ3n) is 11.4. The molecule has 0 aliphatic carbocycles. The van der Waals surface area contributed by atoms with Crippen LogP contribution in [0.15, 0.2) is 48.8 Å². The van der Waals surface area contributed by atoms with Crippen LogP contribution in [0.2, 0.25) is 0 Å². The topological polar surface area (TPSA) is 209 Å². The third kappa shape index (κ3) is 9.64. The van der Waals surface area contributed by atoms with Gasteiger partial charge in [0.25, 0.3) is 0 Å². The average Bonchev–Trinajstić information content (AvgIpc) is 4.00. The molecular formula is C42H56N10O6. The molecular weight excluding hydrogens is 741 g/mol. The number of imidazole rings is 2. The zero-order valence-electron chi connectivity index (χ0n) is 34.3. The maximum absolute atomic E-state index is 13.0. The van der Waals surface area contributed by atoms with E-state index in [1.807, 2.05) is 50.4 Å². The molecule has 4 atom stereocenters. The fraction of sp³-hybridized carbons (Fsp3) is 0.476. The minimum Gasteiger partial charge on any atom is -0.375 e. The number of amides is 2. The van der Waals surface area contributed by atoms with Crippen LogP contribution in [-0.4, -0.2) is 130 Å². The Morgan fingerprint density at radius 3 is 1.60 bits per heavy atom. The number of rotatable bonds is 15. The monoisotopic (exact) mass is 796 g/mol. The van der Waals surface area contributed by atoms with Crippen LogP contribution < -0.4 is 11.5 Å². The second-order valence-corrected chi connectivity index (χ2v) is 15.8. The summed E-state index contributed by atoms with van der Waals surface area (Å²) in [7, 11) is 7.74. The molecule has 6 rings (SSSR count). The molecule has 2 aromatic heterocycles. The summed E-state index contributed by atoms with van der Waals surface area (Å²) in [6.07, 6.45) is 5.83. The van der Waals surface area contributed by atoms with Crippen molar-refractivity contribution in [1.82, 2.24) is 39.5 Å². The molecule has 0 spiro atoms. The number of carbonyl (C=O) groups excluding carboxylic acids is 4. The van der Waals surface area contributed by atoms with E-state index in [2.05, 4.69) is 70.0 Å². The Morgan fingerprint density at radius 2 is 1.12 bits per heavy atom. The van der Waals surface area contributed by atoms with E-state index in [9.17, 15) is 19.2 Å². The van der Waals surface area contributed by atoms with E-state index in [4.69, 9.17) is 30.9 Å². The van der Waals surface area contributed by atoms with E-state index in [-0.39, 0.29) is 12.1 Å². The fourth-order valence-electron chi connectivity index (χ4n) is 8.39. The first kappa shape index (κ1) is 42.2. The first-order valence-corrected chi connectivity index (χ1v) is 19.9. The number of hydrogen-bond acceptors (Lipinski definition) is 12. The highest BCUT2D eigenvalue weighted by atomic mass is 16.6. The third-order valence-corrected chi connectivity index (χ3v) is 11.4. The van der Waals surface area contributed by atoms with E-state index >= 15 is 0 Å². The molecule has 16 heteroatoms. The molecule has 2 aliphatic rings. The Hall–Kier alpha value is -5.42. The van der Waals surface area contributed by atoms with Crippen LogP contribution in [0.1, 0.15) is 73.4 Å². The quantitative estimate of drug-likeness (QED) is 0.0935. The number of primary amides is 2. The summed E-state index contributed by atoms with van der Waals surface area (Å²) in [5.74, 6) is 0.254. The molecule has 2 unspecified atom stereocenters. The lowest BCUT2D eigenvalue weighted by Crippen LogP contribution is -2.44. The van der Waals surface area contributed by atoms with E-state index < -0.39 is 36.2 Å². The Balaban J connectivity index is 1.17. The zero-order chi connectivity index (χ0) is 41.7. The van der Waals surface area contributed by atoms with Crippen LogP contribution >= 0.6 is 0 Å². The van der Waals surface area contributed by atoms with Gasteiger partial charge >= 0.3 is 24.1 Å². The summed E-state index contributed by atoms with van der Waals surface area (Å²) in [6.45, 7) is 6.87. The lowest BCUT2D eigenvalue weighted by atomic mass is 9.92. The molecule has 2 amide bonds. The number of carbonyl (C=O) groups is 4. The standard InChI is InChI=1S/C42H56N10O6/c1-25-26(2)30(32-24-46-38(48-32)34-10-8-20-52(34)36(18-22-50(5)6)40(54)58-42(44)56)16-15-29(25)27-11-13-28(14-12-27)31-23-45-37(47-31)33-9-7-19-51(33)35(17-21-49(3)4)39(53)57-41(43)55/h11-16,23-24,33-36H,7-10,17-22H2,1-6H3,(H2,43,55)(H2,44,56)(H,45,47)(H,46,48)/t33?,34?,35-,36-/m0/s1. The van der Waals surface area contributed by atoms with Crippen molar-refractivity contribution in [3.8, 4) is 33.6 Å². The number of nitrogens with two attached hydrogens (primary N) is 2. The molecule has 310 valence electrons. The van der Waals surface area contributed by atoms with Gasteiger partial charge in [0, 0.05) is 5.56 Å². The van der Waals surface area contributed by atoms with Crippen molar-refractivity contribution in [2.75, 3.05) is 54.4 Å². The van der Waals surface area contributed by atoms with Crippen LogP contribution in [0.25, 0.3) is 33.6 Å². The lowest BCUT2D eigenvalue weighted by Gasteiger charge is -2.31. The summed E-state index contributed by atoms with van der Waals surface area (Å²) in [6, 6.07) is 11.1. The molecule has 2 saturated heterocycles. The molecule has 4 heterocycles. The van der Waals surface area contributed by atoms with Crippen molar-refractivity contribution in [3.63, 3.8) is 0 Å². The van der Waals surface area contributed by atoms with Gasteiger partial charge in [0.2, 0.25) is 0 Å². The Labute approximate surface area is 339 Å². The molecule has 2 aliphatic heterocycles. The van der Waals surface area contributed by atoms with E-state index in [1.165, 1.54) is 0 Å². The van der Waals surface area contributed by atoms with Crippen LogP contribution in [0.3, 0.4) is 0 Å². The number of hydrogen-bond donors (Lipinski definition) is 4. The predicted octanol–water partition coefficient (Wildman–Crippen LogP) is 4.91. The van der Waals surface area contributed by atoms with Gasteiger partial charge in [0.1, 0.15) is 23.7 Å². The second-order valence-electron chi connectivity index (χ2n) is 15.8. The van der Waals surface area contributed by atoms with Gasteiger partial charge < -0.3 is 40.7 Å². The summed E-state index contributed by atoms with van der Waals surface area (Å²) in [5, 5.41) is 0. The normalized spacial score (nSPS) is 18.5. The maximum atomic E-state index is 13.0. The van der Waals surface area contributed by atoms with E-state index in [1.54, 1.807) is 0 Å². The summed E-state index contributed by atoms with van der Waals surface area (Å²) in [4.78, 5) is 73.5. The van der Waals surface area contributed by atoms with Gasteiger partial charge in [-0.05, 0) is 135 Å². The molecule has 2 aromatic carbocycles. The Bertz CT molecular complexity index is 2090. The van der Waals surface area contributed by atoms with Gasteiger partial charge in [-0.25, -0.2) is 29.1 Å². The van der Waals surface area contributed by atoms with Crippen molar-refractivity contribution in [2.24, 2.45) is 11.5 Å². The van der Waals surface area contributed by atoms with E-state index in [0.717, 1.165) is 82.1 Å². The minimum absolute atomic E-state index is 0.134. The SMILES string of the molecule is Cc1c(-c2ccc(-c3cnc(C4CCCN4[C@@H](CCN(C)C)C(=O)OC(N)=O)[nH]3)cc2)ccc(-c2cnc(C3CCCN3[C@@H](CCN(C)C)C(=O)OC(N)=O)[nH]2)c1C. The van der Waals surface area contributed by atoms with Crippen LogP contribution in [-0.2, 0) is 19.1 Å². The van der Waals surface area contributed by atoms with Crippen molar-refractivity contribution in [2.45, 2.75) is 76.5 Å². The predicted molar refractivity (Wildman–Crippen MR) is 219 cm³/mol. The van der Waals surface area contributed by atoms with Crippen LogP contribution in [0.5, 0.6) is 0 Å². The molecule has 0 saturated carbocycles. The van der Waals surface area contributed by atoms with Crippen molar-refractivity contribution in [3.05, 3.63) is 71.6 Å². The number of nitrogens with zero attached hydrogens (tertiary/aromatic N) is 6. The van der Waals surface area contributed by atoms with Gasteiger partial charge in [-0.2, -0.15) is 0 Å². The number of nitrogens with one attached hydrogen (secondary N) is 2. The second kappa shape index (κ2) is 18.4. The number of H-pyrrole nitrogens is 2. The van der Waals surface area contributed by atoms with Gasteiger partial charge in [-0.15, -0.1) is 0 Å². The number of benzene rings is 2. The molecule has 16 nitrogen and oxygen atoms in total. The molecule has 4 aromatic rings. The van der Waals surface area contributed by atoms with Crippen LogP contribution in [0, 0.1) is 13.8 Å². The first-order chi connectivity index (χ1) is 27.7. The lowest BCUT2D eigenvalue weighted by molar-refractivity contribution is -0.145. The highest BCUT2D eigenvalue weighted by Crippen LogP contribution is 2.38. The van der Waals surface area contributed by atoms with Crippen molar-refractivity contribution < 1.29 is 28.7 Å². The fourth-order valence-corrected chi connectivity index (χ4v) is 8.39. The average molecular weight is 797 g/mol. The highest BCUT2D eigenvalue weighted by molar-refractivity contribution is 5.87. The van der Waals surface area contributed by atoms with Crippen molar-refractivity contribution in [1.29, 1.82) is 0 Å². The summed E-state index contributed by atoms with van der Waals surface area (Å²) < 4.78 is 9.70. The van der Waals surface area contributed by atoms with Crippen molar-refractivity contribution >= 4 is 24.1 Å². The Kier molecular flexibility index (Phi) is 13.4. The number of ether oxygens (including phenoxy) is 2. The molecule has 6 N–H and O–H groups in total. The number of aromatic nitrogens is 4. The van der Waals surface area contributed by atoms with Gasteiger partial charge in [-0.1, -0.05) is 36.4 Å². The van der Waals surface area contributed by atoms with Crippen LogP contribution in [0.4, 0.5) is 9.59 Å².